The zero-order valence-electron chi connectivity index (χ0n) is 20.8. The number of alkyl halides is 3. The predicted molar refractivity (Wildman–Crippen MR) is 134 cm³/mol. The number of ether oxygens (including phenoxy) is 3. The Labute approximate surface area is 220 Å². The second-order valence-electron chi connectivity index (χ2n) is 8.46. The monoisotopic (exact) mass is 545 g/mol. The molecule has 8 nitrogen and oxygen atoms in total. The Balaban J connectivity index is 1.40. The van der Waals surface area contributed by atoms with Crippen LogP contribution in [-0.4, -0.2) is 43.7 Å². The van der Waals surface area contributed by atoms with Gasteiger partial charge in [-0.1, -0.05) is 18.2 Å². The largest absolute Gasteiger partial charge is 0.493 e. The average Bonchev–Trinajstić information content (AvgIpc) is 2.92. The van der Waals surface area contributed by atoms with Gasteiger partial charge in [0.1, 0.15) is 5.75 Å². The average molecular weight is 545 g/mol. The normalized spacial score (nSPS) is 14.9. The van der Waals surface area contributed by atoms with Gasteiger partial charge in [0.05, 0.1) is 25.3 Å². The number of allylic oxidation sites excluding steroid dienone is 3. The molecule has 2 N–H and O–H groups in total. The fourth-order valence-electron chi connectivity index (χ4n) is 3.89. The van der Waals surface area contributed by atoms with Crippen molar-refractivity contribution in [1.29, 1.82) is 0 Å². The lowest BCUT2D eigenvalue weighted by Crippen LogP contribution is -2.38. The van der Waals surface area contributed by atoms with Crippen LogP contribution in [0.4, 0.5) is 23.2 Å². The molecule has 39 heavy (non-hydrogen) atoms. The summed E-state index contributed by atoms with van der Waals surface area (Å²) >= 11 is 0. The fraction of sp³-hybridized carbons (Fsp3) is 0.222. The van der Waals surface area contributed by atoms with Crippen LogP contribution < -0.4 is 24.8 Å². The highest BCUT2D eigenvalue weighted by Gasteiger charge is 2.33. The molecule has 0 spiro atoms. The van der Waals surface area contributed by atoms with Gasteiger partial charge in [-0.2, -0.15) is 13.2 Å². The summed E-state index contributed by atoms with van der Waals surface area (Å²) in [5, 5.41) is 5.09. The number of carbonyl (C=O) groups is 2. The number of pyridine rings is 1. The minimum absolute atomic E-state index is 0.0224. The minimum atomic E-state index is -4.50. The van der Waals surface area contributed by atoms with E-state index in [1.807, 2.05) is 0 Å². The molecule has 0 bridgehead atoms. The molecule has 1 heterocycles. The standard InChI is InChI=1S/C27H23F4N3O5/c1-37-23-12-18-20(13-24(23)38-2)32-9-8-21(18)39-22-7-6-17(11-19(22)28)34-26(36)25(35)33-14-15-4-3-5-16(10-15)27(29,30)31/h3,5-13,15H,4,14H2,1-2H3,(H,33,35)(H,34,36). The third kappa shape index (κ3) is 6.46. The van der Waals surface area contributed by atoms with Crippen LogP contribution in [0.2, 0.25) is 0 Å². The molecule has 1 aliphatic carbocycles. The molecule has 0 radical (unpaired) electrons. The number of hydrogen-bond donors (Lipinski definition) is 2. The number of halogens is 4. The lowest BCUT2D eigenvalue weighted by atomic mass is 9.96. The van der Waals surface area contributed by atoms with Crippen LogP contribution >= 0.6 is 0 Å². The molecule has 1 aliphatic rings. The highest BCUT2D eigenvalue weighted by atomic mass is 19.4. The molecule has 4 rings (SSSR count). The highest BCUT2D eigenvalue weighted by Crippen LogP contribution is 2.37. The number of aromatic nitrogens is 1. The number of anilines is 1. The van der Waals surface area contributed by atoms with E-state index in [2.05, 4.69) is 15.6 Å². The Kier molecular flexibility index (Phi) is 8.03. The van der Waals surface area contributed by atoms with Gasteiger partial charge in [-0.3, -0.25) is 14.6 Å². The molecular formula is C27H23F4N3O5. The Morgan fingerprint density at radius 1 is 1.00 bits per heavy atom. The maximum absolute atomic E-state index is 14.8. The first kappa shape index (κ1) is 27.4. The van der Waals surface area contributed by atoms with Gasteiger partial charge in [-0.05, 0) is 36.6 Å². The van der Waals surface area contributed by atoms with E-state index in [-0.39, 0.29) is 30.2 Å². The highest BCUT2D eigenvalue weighted by molar-refractivity contribution is 6.39. The molecule has 2 amide bonds. The van der Waals surface area contributed by atoms with E-state index in [4.69, 9.17) is 14.2 Å². The molecule has 0 aliphatic heterocycles. The van der Waals surface area contributed by atoms with Gasteiger partial charge < -0.3 is 24.8 Å². The van der Waals surface area contributed by atoms with Crippen LogP contribution in [0.3, 0.4) is 0 Å². The van der Waals surface area contributed by atoms with Gasteiger partial charge >= 0.3 is 18.0 Å². The Bertz CT molecular complexity index is 1470. The molecule has 0 saturated carbocycles. The molecule has 1 atom stereocenters. The van der Waals surface area contributed by atoms with Crippen molar-refractivity contribution in [3.8, 4) is 23.0 Å². The summed E-state index contributed by atoms with van der Waals surface area (Å²) in [4.78, 5) is 28.7. The topological polar surface area (TPSA) is 98.8 Å². The fourth-order valence-corrected chi connectivity index (χ4v) is 3.89. The van der Waals surface area contributed by atoms with E-state index in [0.717, 1.165) is 18.2 Å². The molecular weight excluding hydrogens is 522 g/mol. The number of methoxy groups -OCH3 is 2. The maximum Gasteiger partial charge on any atom is 0.416 e. The SMILES string of the molecule is COc1cc2nccc(Oc3ccc(NC(=O)C(=O)NCC4C=C(C(F)(F)F)C=CC4)cc3F)c2cc1OC. The van der Waals surface area contributed by atoms with Crippen molar-refractivity contribution in [2.45, 2.75) is 12.6 Å². The summed E-state index contributed by atoms with van der Waals surface area (Å²) in [6.45, 7) is -0.173. The van der Waals surface area contributed by atoms with Crippen molar-refractivity contribution >= 4 is 28.4 Å². The second-order valence-corrected chi connectivity index (χ2v) is 8.46. The Morgan fingerprint density at radius 2 is 1.74 bits per heavy atom. The lowest BCUT2D eigenvalue weighted by molar-refractivity contribution is -0.136. The minimum Gasteiger partial charge on any atom is -0.493 e. The third-order valence-electron chi connectivity index (χ3n) is 5.83. The Morgan fingerprint density at radius 3 is 2.44 bits per heavy atom. The van der Waals surface area contributed by atoms with Crippen LogP contribution in [0.25, 0.3) is 10.9 Å². The first-order valence-electron chi connectivity index (χ1n) is 11.6. The number of nitrogens with one attached hydrogen (secondary N) is 2. The molecule has 2 aromatic carbocycles. The van der Waals surface area contributed by atoms with E-state index >= 15 is 0 Å². The van der Waals surface area contributed by atoms with Crippen LogP contribution in [0, 0.1) is 11.7 Å². The quantitative estimate of drug-likeness (QED) is 0.309. The molecule has 0 fully saturated rings. The van der Waals surface area contributed by atoms with Gasteiger partial charge in [0, 0.05) is 35.9 Å². The van der Waals surface area contributed by atoms with Crippen molar-refractivity contribution in [2.75, 3.05) is 26.1 Å². The van der Waals surface area contributed by atoms with Crippen molar-refractivity contribution in [3.63, 3.8) is 0 Å². The van der Waals surface area contributed by atoms with Crippen LogP contribution in [-0.2, 0) is 9.59 Å². The number of carbonyl (C=O) groups excluding carboxylic acids is 2. The second kappa shape index (κ2) is 11.4. The first-order valence-corrected chi connectivity index (χ1v) is 11.6. The van der Waals surface area contributed by atoms with Crippen LogP contribution in [0.15, 0.2) is 66.4 Å². The molecule has 0 saturated heterocycles. The van der Waals surface area contributed by atoms with E-state index in [1.54, 1.807) is 18.2 Å². The summed E-state index contributed by atoms with van der Waals surface area (Å²) in [5.41, 5.74) is -0.311. The van der Waals surface area contributed by atoms with Crippen LogP contribution in [0.1, 0.15) is 6.42 Å². The summed E-state index contributed by atoms with van der Waals surface area (Å²) in [6, 6.07) is 8.41. The van der Waals surface area contributed by atoms with Gasteiger partial charge in [-0.15, -0.1) is 0 Å². The Hall–Kier alpha value is -4.61. The summed E-state index contributed by atoms with van der Waals surface area (Å²) in [6.07, 6.45) is 0.595. The van der Waals surface area contributed by atoms with Gasteiger partial charge in [-0.25, -0.2) is 4.39 Å². The lowest BCUT2D eigenvalue weighted by Gasteiger charge is -2.18. The van der Waals surface area contributed by atoms with Crippen molar-refractivity contribution in [2.24, 2.45) is 5.92 Å². The first-order chi connectivity index (χ1) is 18.6. The van der Waals surface area contributed by atoms with E-state index < -0.39 is 35.3 Å². The predicted octanol–water partition coefficient (Wildman–Crippen LogP) is 5.30. The summed E-state index contributed by atoms with van der Waals surface area (Å²) < 4.78 is 69.8. The van der Waals surface area contributed by atoms with Crippen molar-refractivity contribution < 1.29 is 41.4 Å². The smallest absolute Gasteiger partial charge is 0.416 e. The summed E-state index contributed by atoms with van der Waals surface area (Å²) in [7, 11) is 2.96. The van der Waals surface area contributed by atoms with Gasteiger partial charge in [0.25, 0.3) is 0 Å². The van der Waals surface area contributed by atoms with E-state index in [9.17, 15) is 27.2 Å². The van der Waals surface area contributed by atoms with Gasteiger partial charge in [0.2, 0.25) is 0 Å². The zero-order chi connectivity index (χ0) is 28.2. The number of hydrogen-bond acceptors (Lipinski definition) is 6. The number of nitrogens with zero attached hydrogens (tertiary/aromatic N) is 1. The maximum atomic E-state index is 14.8. The number of fused-ring (bicyclic) bond motifs is 1. The summed E-state index contributed by atoms with van der Waals surface area (Å²) in [5.74, 6) is -2.59. The van der Waals surface area contributed by atoms with Crippen molar-refractivity contribution in [3.05, 3.63) is 72.2 Å². The number of rotatable bonds is 7. The van der Waals surface area contributed by atoms with Crippen LogP contribution in [0.5, 0.6) is 23.0 Å². The third-order valence-corrected chi connectivity index (χ3v) is 5.83. The van der Waals surface area contributed by atoms with Gasteiger partial charge in [0.15, 0.2) is 23.1 Å². The zero-order valence-corrected chi connectivity index (χ0v) is 20.8. The van der Waals surface area contributed by atoms with Crippen molar-refractivity contribution in [1.82, 2.24) is 10.3 Å². The molecule has 204 valence electrons. The molecule has 1 unspecified atom stereocenters. The molecule has 12 heteroatoms. The van der Waals surface area contributed by atoms with E-state index in [0.29, 0.717) is 22.4 Å². The molecule has 3 aromatic rings. The number of amides is 2. The molecule has 1 aromatic heterocycles. The van der Waals surface area contributed by atoms with E-state index in [1.165, 1.54) is 38.6 Å². The number of benzene rings is 2.